The molecule has 2 N–H and O–H groups in total. The van der Waals surface area contributed by atoms with Crippen LogP contribution in [0.1, 0.15) is 33.1 Å². The number of nitrogens with zero attached hydrogens (tertiary/aromatic N) is 1. The van der Waals surface area contributed by atoms with Crippen molar-refractivity contribution in [1.29, 1.82) is 0 Å². The van der Waals surface area contributed by atoms with E-state index < -0.39 is 11.4 Å². The van der Waals surface area contributed by atoms with E-state index in [0.29, 0.717) is 38.5 Å². The third kappa shape index (κ3) is 4.02. The lowest BCUT2D eigenvalue weighted by Gasteiger charge is -2.33. The molecule has 0 aliphatic carbocycles. The summed E-state index contributed by atoms with van der Waals surface area (Å²) in [7, 11) is 0. The number of carbonyl (C=O) groups is 3. The second kappa shape index (κ2) is 7.29. The van der Waals surface area contributed by atoms with Crippen LogP contribution >= 0.6 is 0 Å². The Kier molecular flexibility index (Phi) is 5.62. The molecule has 0 aromatic heterocycles. The monoisotopic (exact) mass is 326 g/mol. The summed E-state index contributed by atoms with van der Waals surface area (Å²) in [5.41, 5.74) is -0.893. The van der Waals surface area contributed by atoms with Crippen molar-refractivity contribution in [1.82, 2.24) is 10.2 Å². The molecule has 2 rings (SSSR count). The Hall–Kier alpha value is -1.63. The zero-order valence-corrected chi connectivity index (χ0v) is 13.8. The van der Waals surface area contributed by atoms with Gasteiger partial charge in [0.25, 0.3) is 0 Å². The average molecular weight is 326 g/mol. The van der Waals surface area contributed by atoms with Crippen molar-refractivity contribution in [3.8, 4) is 0 Å². The molecule has 2 fully saturated rings. The molecule has 0 aromatic carbocycles. The summed E-state index contributed by atoms with van der Waals surface area (Å²) in [5.74, 6) is -0.956. The predicted molar refractivity (Wildman–Crippen MR) is 82.7 cm³/mol. The Labute approximate surface area is 136 Å². The highest BCUT2D eigenvalue weighted by Crippen LogP contribution is 2.42. The highest BCUT2D eigenvalue weighted by Gasteiger charge is 2.54. The van der Waals surface area contributed by atoms with Crippen molar-refractivity contribution in [2.45, 2.75) is 33.1 Å². The van der Waals surface area contributed by atoms with Crippen LogP contribution in [0.15, 0.2) is 0 Å². The van der Waals surface area contributed by atoms with Crippen molar-refractivity contribution in [2.75, 3.05) is 32.8 Å². The van der Waals surface area contributed by atoms with Crippen molar-refractivity contribution >= 4 is 17.8 Å². The number of aliphatic carboxylic acids is 1. The van der Waals surface area contributed by atoms with Gasteiger partial charge < -0.3 is 20.1 Å². The lowest BCUT2D eigenvalue weighted by atomic mass is 9.74. The van der Waals surface area contributed by atoms with Crippen LogP contribution in [0.25, 0.3) is 0 Å². The largest absolute Gasteiger partial charge is 0.481 e. The zero-order valence-electron chi connectivity index (χ0n) is 13.8. The zero-order chi connectivity index (χ0) is 17.0. The standard InChI is InChI=1S/C16H26N2O5/c1-11(2)3-4-13(19)17-7-14(20)18-8-12-9-23-6-5-16(12,10-18)15(21)22/h11-12H,3-10H2,1-2H3,(H,17,19)(H,21,22)/t12-,16+/m0/s1. The summed E-state index contributed by atoms with van der Waals surface area (Å²) in [6.45, 7) is 5.38. The highest BCUT2D eigenvalue weighted by molar-refractivity contribution is 5.86. The molecule has 2 aliphatic rings. The van der Waals surface area contributed by atoms with Crippen molar-refractivity contribution in [3.05, 3.63) is 0 Å². The summed E-state index contributed by atoms with van der Waals surface area (Å²) >= 11 is 0. The molecule has 2 amide bonds. The number of ether oxygens (including phenoxy) is 1. The first-order valence-electron chi connectivity index (χ1n) is 8.21. The van der Waals surface area contributed by atoms with E-state index >= 15 is 0 Å². The Morgan fingerprint density at radius 1 is 1.39 bits per heavy atom. The fourth-order valence-corrected chi connectivity index (χ4v) is 3.28. The third-order valence-electron chi connectivity index (χ3n) is 4.87. The molecular formula is C16H26N2O5. The summed E-state index contributed by atoms with van der Waals surface area (Å²) in [4.78, 5) is 37.2. The van der Waals surface area contributed by atoms with Gasteiger partial charge in [0.15, 0.2) is 0 Å². The van der Waals surface area contributed by atoms with Crippen molar-refractivity contribution < 1.29 is 24.2 Å². The molecule has 0 saturated carbocycles. The van der Waals surface area contributed by atoms with Crippen LogP contribution in [-0.4, -0.2) is 60.6 Å². The molecule has 0 aromatic rings. The first-order chi connectivity index (χ1) is 10.8. The van der Waals surface area contributed by atoms with E-state index in [2.05, 4.69) is 5.32 Å². The van der Waals surface area contributed by atoms with Gasteiger partial charge in [-0.25, -0.2) is 0 Å². The average Bonchev–Trinajstić information content (AvgIpc) is 2.91. The molecular weight excluding hydrogens is 300 g/mol. The third-order valence-corrected chi connectivity index (χ3v) is 4.87. The molecule has 0 radical (unpaired) electrons. The smallest absolute Gasteiger partial charge is 0.311 e. The number of amides is 2. The maximum absolute atomic E-state index is 12.3. The maximum Gasteiger partial charge on any atom is 0.311 e. The van der Waals surface area contributed by atoms with Crippen LogP contribution in [-0.2, 0) is 19.1 Å². The molecule has 7 heteroatoms. The molecule has 23 heavy (non-hydrogen) atoms. The number of nitrogens with one attached hydrogen (secondary N) is 1. The van der Waals surface area contributed by atoms with E-state index in [1.54, 1.807) is 4.90 Å². The van der Waals surface area contributed by atoms with Crippen LogP contribution in [0.3, 0.4) is 0 Å². The number of carboxylic acids is 1. The fraction of sp³-hybridized carbons (Fsp3) is 0.812. The summed E-state index contributed by atoms with van der Waals surface area (Å²) in [5, 5.41) is 12.2. The number of fused-ring (bicyclic) bond motifs is 1. The first kappa shape index (κ1) is 17.7. The molecule has 2 saturated heterocycles. The second-order valence-electron chi connectivity index (χ2n) is 6.97. The van der Waals surface area contributed by atoms with E-state index in [0.717, 1.165) is 6.42 Å². The molecule has 7 nitrogen and oxygen atoms in total. The minimum absolute atomic E-state index is 0.0692. The van der Waals surface area contributed by atoms with E-state index in [1.807, 2.05) is 13.8 Å². The Morgan fingerprint density at radius 2 is 2.13 bits per heavy atom. The molecule has 0 spiro atoms. The minimum atomic E-state index is -0.893. The SMILES string of the molecule is CC(C)CCC(=O)NCC(=O)N1C[C@H]2COCC[C@@]2(C(=O)O)C1. The van der Waals surface area contributed by atoms with Crippen LogP contribution < -0.4 is 5.32 Å². The van der Waals surface area contributed by atoms with Gasteiger partial charge in [0, 0.05) is 32.0 Å². The lowest BCUT2D eigenvalue weighted by Crippen LogP contribution is -2.45. The lowest BCUT2D eigenvalue weighted by molar-refractivity contribution is -0.157. The van der Waals surface area contributed by atoms with Crippen molar-refractivity contribution in [3.63, 3.8) is 0 Å². The number of carboxylic acid groups (broad SMARTS) is 1. The van der Waals surface area contributed by atoms with Gasteiger partial charge in [-0.2, -0.15) is 0 Å². The molecule has 130 valence electrons. The number of rotatable bonds is 6. The van der Waals surface area contributed by atoms with Gasteiger partial charge in [-0.3, -0.25) is 14.4 Å². The normalized spacial score (nSPS) is 26.9. The second-order valence-corrected chi connectivity index (χ2v) is 6.97. The van der Waals surface area contributed by atoms with Gasteiger partial charge in [-0.05, 0) is 18.8 Å². The molecule has 2 atom stereocenters. The summed E-state index contributed by atoms with van der Waals surface area (Å²) in [6.07, 6.45) is 1.61. The molecule has 2 heterocycles. The van der Waals surface area contributed by atoms with Crippen molar-refractivity contribution in [2.24, 2.45) is 17.3 Å². The van der Waals surface area contributed by atoms with Crippen LogP contribution in [0, 0.1) is 17.3 Å². The Balaban J connectivity index is 1.86. The van der Waals surface area contributed by atoms with Crippen LogP contribution in [0.5, 0.6) is 0 Å². The Bertz CT molecular complexity index is 479. The van der Waals surface area contributed by atoms with E-state index in [1.165, 1.54) is 0 Å². The number of carbonyl (C=O) groups excluding carboxylic acids is 2. The van der Waals surface area contributed by atoms with Gasteiger partial charge in [-0.1, -0.05) is 13.8 Å². The molecule has 2 aliphatic heterocycles. The van der Waals surface area contributed by atoms with Gasteiger partial charge in [0.05, 0.1) is 18.6 Å². The van der Waals surface area contributed by atoms with Gasteiger partial charge in [0.1, 0.15) is 0 Å². The minimum Gasteiger partial charge on any atom is -0.481 e. The van der Waals surface area contributed by atoms with Crippen LogP contribution in [0.4, 0.5) is 0 Å². The maximum atomic E-state index is 12.3. The summed E-state index contributed by atoms with van der Waals surface area (Å²) < 4.78 is 5.37. The summed E-state index contributed by atoms with van der Waals surface area (Å²) in [6, 6.07) is 0. The number of hydrogen-bond acceptors (Lipinski definition) is 4. The highest BCUT2D eigenvalue weighted by atomic mass is 16.5. The van der Waals surface area contributed by atoms with Gasteiger partial charge >= 0.3 is 5.97 Å². The predicted octanol–water partition coefficient (Wildman–Crippen LogP) is 0.489. The van der Waals surface area contributed by atoms with E-state index in [-0.39, 0.29) is 30.8 Å². The molecule has 0 bridgehead atoms. The Morgan fingerprint density at radius 3 is 2.74 bits per heavy atom. The van der Waals surface area contributed by atoms with Crippen LogP contribution in [0.2, 0.25) is 0 Å². The first-order valence-corrected chi connectivity index (χ1v) is 8.21. The van der Waals surface area contributed by atoms with E-state index in [9.17, 15) is 19.5 Å². The van der Waals surface area contributed by atoms with Gasteiger partial charge in [0.2, 0.25) is 11.8 Å². The molecule has 0 unspecified atom stereocenters. The fourth-order valence-electron chi connectivity index (χ4n) is 3.28. The quantitative estimate of drug-likeness (QED) is 0.740. The topological polar surface area (TPSA) is 95.9 Å². The van der Waals surface area contributed by atoms with Gasteiger partial charge in [-0.15, -0.1) is 0 Å². The number of likely N-dealkylation sites (tertiary alicyclic amines) is 1. The van der Waals surface area contributed by atoms with E-state index in [4.69, 9.17) is 4.74 Å². The number of hydrogen-bond donors (Lipinski definition) is 2.